The number of fused-ring (bicyclic) bond motifs is 9. The number of hydrogen-bond donors (Lipinski definition) is 10. The van der Waals surface area contributed by atoms with Gasteiger partial charge >= 0.3 is 24.0 Å². The molecule has 11 N–H and O–H groups in total. The van der Waals surface area contributed by atoms with Crippen LogP contribution in [-0.4, -0.2) is 260 Å². The van der Waals surface area contributed by atoms with Crippen molar-refractivity contribution < 1.29 is 142 Å². The molecule has 1 fully saturated rings. The SMILES string of the molecule is CC(CCN1C(=CC=CC=CC2=[N+](CCCCCC(=O)NCCCC[C@@H](NC(=O)OCC3c4ccccc4-c4ccccc43)C(=O)N[C@@H](CCCCNC(=O)CN3CCN(CC(=O)O)CCN(CC(=O)O)CCN(CC(=O)O)CC3)C(N)=O)c3ccc4cc(S(=O)(=O)O)ccc4c3C2(C)C)C(C)(C)c2c1ccc1cc(S(=O)(=O)O)ccc21)S(=O)(=O)[O-].[CH3-].[Gd]. The molecular formula is C87H112GdN11O21S3-. The summed E-state index contributed by atoms with van der Waals surface area (Å²) in [6.07, 6.45) is 12.2. The Morgan fingerprint density at radius 3 is 1.59 bits per heavy atom. The molecular weight excluding hydrogens is 1790 g/mol. The number of alkyl carbamates (subject to hydrolysis) is 1. The van der Waals surface area contributed by atoms with Gasteiger partial charge in [-0.1, -0.05) is 98.8 Å². The Morgan fingerprint density at radius 2 is 1.07 bits per heavy atom. The molecule has 32 nitrogen and oxygen atoms in total. The van der Waals surface area contributed by atoms with Crippen molar-refractivity contribution in [1.82, 2.24) is 40.9 Å². The Balaban J connectivity index is 0.00000939. The van der Waals surface area contributed by atoms with E-state index in [0.717, 1.165) is 61.6 Å². The minimum atomic E-state index is -4.62. The summed E-state index contributed by atoms with van der Waals surface area (Å²) in [6, 6.07) is 29.3. The first-order valence-corrected chi connectivity index (χ1v) is 45.0. The standard InChI is InChI=1S/C86H109N11O21S3.CH3.Gd/c1-57(119(109,110)111)37-41-97-72-36-30-59-51-61(121(115,116)117)32-34-63(59)81(72)86(4,5)74(97)27-9-6-8-26-73-85(2,3)80-62-33-31-60(120(112,113)114)50-58(62)29-35-71(80)96(73)40-19-7-10-28-75(98)88-38-18-16-25-70(91-84(108)118-56-68-66-22-13-11-20-64(66)65-21-12-14-23-67(65)68)83(107)90-69(82(87)106)24-15-17-39-89-76(99)52-92-42-44-93(53-77(100)101)46-48-95(55-79(104)105)49-47-94(45-43-92)54-78(102)103;;/h6,8-9,11-14,20-23,26-27,29-36,50-51,57,68-70H,7,10,15-19,24-25,28,37-49,52-56H2,1-5H3,(H11-,87,88,89,90,91,98,99,100,101,102,103,104,105,106,107,108,109,110,111,112,113,114,115,116,117);1H3;/q;-1;/t57?,69-,70+;;/m0../s1. The summed E-state index contributed by atoms with van der Waals surface area (Å²) in [4.78, 5) is 111. The second-order valence-electron chi connectivity index (χ2n) is 32.2. The molecule has 668 valence electrons. The molecule has 6 aromatic carbocycles. The van der Waals surface area contributed by atoms with Crippen LogP contribution in [-0.2, 0) is 79.5 Å². The molecule has 0 saturated carbocycles. The van der Waals surface area contributed by atoms with E-state index in [2.05, 4.69) is 39.7 Å². The summed E-state index contributed by atoms with van der Waals surface area (Å²) < 4.78 is 113. The van der Waals surface area contributed by atoms with Gasteiger partial charge in [0.2, 0.25) is 29.3 Å². The van der Waals surface area contributed by atoms with Crippen LogP contribution in [0.15, 0.2) is 155 Å². The van der Waals surface area contributed by atoms with Crippen molar-refractivity contribution in [3.63, 3.8) is 0 Å². The third-order valence-electron chi connectivity index (χ3n) is 23.0. The van der Waals surface area contributed by atoms with Crippen molar-refractivity contribution in [3.8, 4) is 11.1 Å². The zero-order valence-electron chi connectivity index (χ0n) is 70.0. The van der Waals surface area contributed by atoms with Gasteiger partial charge in [0.1, 0.15) is 25.2 Å². The minimum absolute atomic E-state index is 0. The molecule has 0 radical (unpaired) electrons. The molecule has 3 atom stereocenters. The number of primary amides is 1. The van der Waals surface area contributed by atoms with Crippen LogP contribution in [0.3, 0.4) is 0 Å². The van der Waals surface area contributed by atoms with Crippen LogP contribution in [0.5, 0.6) is 0 Å². The van der Waals surface area contributed by atoms with Crippen molar-refractivity contribution in [3.05, 3.63) is 175 Å². The maximum Gasteiger partial charge on any atom is 0.407 e. The van der Waals surface area contributed by atoms with E-state index in [1.165, 1.54) is 31.2 Å². The summed E-state index contributed by atoms with van der Waals surface area (Å²) in [5.74, 6) is -5.65. The quantitative estimate of drug-likeness (QED) is 0.00575. The Morgan fingerprint density at radius 1 is 0.577 bits per heavy atom. The van der Waals surface area contributed by atoms with Crippen LogP contribution in [0.4, 0.5) is 16.2 Å². The predicted molar refractivity (Wildman–Crippen MR) is 461 cm³/mol. The number of amides is 5. The summed E-state index contributed by atoms with van der Waals surface area (Å²) in [6.45, 7) is 11.2. The molecule has 1 saturated heterocycles. The molecule has 5 amide bonds. The van der Waals surface area contributed by atoms with Crippen molar-refractivity contribution in [2.24, 2.45) is 5.73 Å². The Bertz CT molecular complexity index is 5290. The topological polar surface area (TPSA) is 466 Å². The first kappa shape index (κ1) is 99.4. The average molecular weight is 1900 g/mol. The summed E-state index contributed by atoms with van der Waals surface area (Å²) >= 11 is 0. The van der Waals surface area contributed by atoms with Crippen molar-refractivity contribution in [2.75, 3.05) is 116 Å². The molecule has 3 heterocycles. The van der Waals surface area contributed by atoms with E-state index in [1.54, 1.807) is 43.9 Å². The number of allylic oxidation sites excluding steroid dienone is 6. The summed E-state index contributed by atoms with van der Waals surface area (Å²) in [5, 5.41) is 41.5. The molecule has 123 heavy (non-hydrogen) atoms. The van der Waals surface area contributed by atoms with E-state index in [1.807, 2.05) is 110 Å². The third kappa shape index (κ3) is 26.5. The summed E-state index contributed by atoms with van der Waals surface area (Å²) in [5.41, 5.74) is 13.5. The number of nitrogens with one attached hydrogen (secondary N) is 4. The fraction of sp³-hybridized carbons (Fsp3) is 0.448. The smallest absolute Gasteiger partial charge is 0.407 e. The van der Waals surface area contributed by atoms with Gasteiger partial charge in [0.25, 0.3) is 20.2 Å². The number of benzene rings is 6. The van der Waals surface area contributed by atoms with E-state index in [0.29, 0.717) is 67.6 Å². The molecule has 0 bridgehead atoms. The largest absolute Gasteiger partial charge is 0.748 e. The maximum absolute atomic E-state index is 14.3. The van der Waals surface area contributed by atoms with Crippen LogP contribution in [0, 0.1) is 47.4 Å². The van der Waals surface area contributed by atoms with Crippen LogP contribution in [0.1, 0.15) is 133 Å². The number of carboxylic acids is 3. The molecule has 6 aromatic rings. The fourth-order valence-corrected chi connectivity index (χ4v) is 18.1. The number of carbonyl (C=O) groups is 8. The minimum Gasteiger partial charge on any atom is -0.748 e. The van der Waals surface area contributed by atoms with Gasteiger partial charge in [-0.25, -0.2) is 13.2 Å². The molecule has 36 heteroatoms. The number of rotatable bonds is 39. The van der Waals surface area contributed by atoms with Gasteiger partial charge in [-0.05, 0) is 170 Å². The number of carboxylic acid groups (broad SMARTS) is 3. The van der Waals surface area contributed by atoms with E-state index >= 15 is 0 Å². The zero-order chi connectivity index (χ0) is 87.7. The van der Waals surface area contributed by atoms with Crippen molar-refractivity contribution in [2.45, 2.75) is 149 Å². The van der Waals surface area contributed by atoms with Gasteiger partial charge in [-0.3, -0.25) is 62.3 Å². The van der Waals surface area contributed by atoms with Crippen molar-refractivity contribution >= 4 is 117 Å². The number of ether oxygens (including phenoxy) is 1. The van der Waals surface area contributed by atoms with Gasteiger partial charge in [0.15, 0.2) is 5.71 Å². The normalized spacial score (nSPS) is 17.1. The second kappa shape index (κ2) is 44.2. The second-order valence-corrected chi connectivity index (χ2v) is 36.9. The fourth-order valence-electron chi connectivity index (χ4n) is 16.6. The average Bonchev–Trinajstić information content (AvgIpc) is 1.58. The molecule has 1 unspecified atom stereocenters. The van der Waals surface area contributed by atoms with E-state index < -0.39 is 94.3 Å². The van der Waals surface area contributed by atoms with E-state index in [-0.39, 0.29) is 205 Å². The summed E-state index contributed by atoms with van der Waals surface area (Å²) in [7, 11) is -13.7. The van der Waals surface area contributed by atoms with Gasteiger partial charge < -0.3 is 63.9 Å². The van der Waals surface area contributed by atoms with Crippen molar-refractivity contribution in [1.29, 1.82) is 0 Å². The number of unbranched alkanes of at least 4 members (excludes halogenated alkanes) is 4. The number of anilines is 1. The Hall–Kier alpha value is -9.02. The van der Waals surface area contributed by atoms with E-state index in [4.69, 9.17) is 10.5 Å². The number of nitrogens with zero attached hydrogens (tertiary/aromatic N) is 6. The van der Waals surface area contributed by atoms with Crippen LogP contribution in [0.25, 0.3) is 32.7 Å². The molecule has 0 aromatic heterocycles. The zero-order valence-corrected chi connectivity index (χ0v) is 74.7. The van der Waals surface area contributed by atoms with Gasteiger partial charge in [-0.2, -0.15) is 21.4 Å². The van der Waals surface area contributed by atoms with Crippen LogP contribution >= 0.6 is 0 Å². The first-order chi connectivity index (χ1) is 57.3. The van der Waals surface area contributed by atoms with E-state index in [9.17, 15) is 92.6 Å². The Kier molecular flexibility index (Phi) is 35.7. The number of aliphatic carboxylic acids is 3. The predicted octanol–water partition coefficient (Wildman–Crippen LogP) is 7.92. The maximum atomic E-state index is 14.3. The Labute approximate surface area is 750 Å². The molecule has 10 rings (SSSR count). The van der Waals surface area contributed by atoms with Crippen LogP contribution < -0.4 is 31.9 Å². The monoisotopic (exact) mass is 1900 g/mol. The van der Waals surface area contributed by atoms with Gasteiger partial charge in [0.05, 0.1) is 51.5 Å². The van der Waals surface area contributed by atoms with Gasteiger partial charge in [-0.15, -0.1) is 0 Å². The van der Waals surface area contributed by atoms with Gasteiger partial charge in [0, 0.05) is 170 Å². The third-order valence-corrected chi connectivity index (χ3v) is 25.9. The molecule has 3 aliphatic heterocycles. The number of hydrogen-bond acceptors (Lipinski definition) is 21. The molecule has 1 aliphatic carbocycles. The molecule has 4 aliphatic rings. The molecule has 0 spiro atoms. The number of nitrogens with two attached hydrogens (primary N) is 1. The number of carbonyl (C=O) groups excluding carboxylic acids is 5. The van der Waals surface area contributed by atoms with Crippen LogP contribution in [0.2, 0.25) is 0 Å². The first-order valence-electron chi connectivity index (χ1n) is 40.6.